The Bertz CT molecular complexity index is 531. The Labute approximate surface area is 82.9 Å². The van der Waals surface area contributed by atoms with Crippen LogP contribution in [0, 0.1) is 17.5 Å². The van der Waals surface area contributed by atoms with Crippen LogP contribution in [0.5, 0.6) is 0 Å². The van der Waals surface area contributed by atoms with E-state index in [-0.39, 0.29) is 31.8 Å². The first-order valence-electron chi connectivity index (χ1n) is 3.61. The number of furan rings is 1. The second-order valence-electron chi connectivity index (χ2n) is 2.72. The number of non-ortho nitro benzene ring substituents is 1. The molecule has 0 radical (unpaired) electrons. The quantitative estimate of drug-likeness (QED) is 0.320. The van der Waals surface area contributed by atoms with E-state index in [2.05, 4.69) is 0 Å². The number of nitro benzene ring substituents is 1. The van der Waals surface area contributed by atoms with E-state index >= 15 is 0 Å². The fraction of sp³-hybridized carbons (Fsp3) is 0. The predicted octanol–water partition coefficient (Wildman–Crippen LogP) is -1.22. The summed E-state index contributed by atoms with van der Waals surface area (Å²) < 4.78 is 7.73. The molecule has 2 heterocycles. The molecule has 13 heavy (non-hydrogen) atoms. The van der Waals surface area contributed by atoms with E-state index in [0.717, 1.165) is 14.7 Å². The van der Waals surface area contributed by atoms with Crippen LogP contribution in [0.2, 0.25) is 0 Å². The first kappa shape index (κ1) is 7.31. The molecule has 66 valence electrons. The van der Waals surface area contributed by atoms with Gasteiger partial charge in [0.05, 0.1) is 0 Å². The van der Waals surface area contributed by atoms with E-state index in [1.165, 1.54) is 9.64 Å². The number of benzene rings is 1. The third-order valence-electron chi connectivity index (χ3n) is 1.93. The van der Waals surface area contributed by atoms with E-state index in [1.807, 2.05) is 0 Å². The van der Waals surface area contributed by atoms with Gasteiger partial charge in [-0.3, -0.25) is 0 Å². The summed E-state index contributed by atoms with van der Waals surface area (Å²) in [6, 6.07) is 4.75. The van der Waals surface area contributed by atoms with Gasteiger partial charge in [-0.25, -0.2) is 0 Å². The molecule has 1 aliphatic heterocycles. The zero-order chi connectivity index (χ0) is 9.00. The minimum absolute atomic E-state index is 0.0351. The third kappa shape index (κ3) is 0.963. The number of rotatable bonds is 1. The Kier molecular flexibility index (Phi) is 1.25. The van der Waals surface area contributed by atoms with Crippen molar-refractivity contribution in [1.29, 1.82) is 0 Å². The standard InChI is InChI=1S/C8H3INO3/c11-10(12)4-1-2-6-5(3-4)7-8(9-7)13-6/h1-3H/q-1. The molecule has 0 N–H and O–H groups in total. The van der Waals surface area contributed by atoms with Crippen molar-refractivity contribution in [2.24, 2.45) is 0 Å². The summed E-state index contributed by atoms with van der Waals surface area (Å²) in [5.74, 6) is 0. The summed E-state index contributed by atoms with van der Waals surface area (Å²) in [6.45, 7) is 0. The summed E-state index contributed by atoms with van der Waals surface area (Å²) in [7, 11) is 0. The van der Waals surface area contributed by atoms with E-state index < -0.39 is 0 Å². The number of nitrogens with zero attached hydrogens (tertiary/aromatic N) is 1. The maximum atomic E-state index is 10.5. The number of fused-ring (bicyclic) bond motifs is 3. The molecule has 3 rings (SSSR count). The third-order valence-corrected chi connectivity index (χ3v) is 4.25. The van der Waals surface area contributed by atoms with E-state index in [0.29, 0.717) is 0 Å². The summed E-state index contributed by atoms with van der Waals surface area (Å²) >= 11 is -0.0351. The van der Waals surface area contributed by atoms with Gasteiger partial charge in [0.25, 0.3) is 0 Å². The van der Waals surface area contributed by atoms with Crippen LogP contribution in [0.1, 0.15) is 0 Å². The molecule has 0 saturated heterocycles. The van der Waals surface area contributed by atoms with Crippen molar-refractivity contribution >= 4 is 16.7 Å². The van der Waals surface area contributed by atoms with Gasteiger partial charge in [-0.1, -0.05) is 0 Å². The topological polar surface area (TPSA) is 56.3 Å². The van der Waals surface area contributed by atoms with Gasteiger partial charge >= 0.3 is 82.9 Å². The van der Waals surface area contributed by atoms with Crippen LogP contribution in [0.15, 0.2) is 22.6 Å². The van der Waals surface area contributed by atoms with Crippen LogP contribution in [-0.4, -0.2) is 4.92 Å². The summed E-state index contributed by atoms with van der Waals surface area (Å²) in [5, 5.41) is 11.4. The molecule has 0 fully saturated rings. The number of hydrogen-bond acceptors (Lipinski definition) is 3. The van der Waals surface area contributed by atoms with Gasteiger partial charge in [0.1, 0.15) is 0 Å². The van der Waals surface area contributed by atoms with Crippen LogP contribution >= 0.6 is 0 Å². The summed E-state index contributed by atoms with van der Waals surface area (Å²) in [5.41, 5.74) is 0.925. The van der Waals surface area contributed by atoms with Crippen molar-refractivity contribution in [1.82, 2.24) is 0 Å². The molecular formula is C8H3INO3-. The van der Waals surface area contributed by atoms with E-state index in [4.69, 9.17) is 4.42 Å². The SMILES string of the molecule is O=[N+]([O-])c1ccc2oc3c(c2c1)[I-]3. The van der Waals surface area contributed by atoms with Crippen molar-refractivity contribution < 1.29 is 30.5 Å². The first-order chi connectivity index (χ1) is 6.25. The molecule has 0 bridgehead atoms. The van der Waals surface area contributed by atoms with Crippen molar-refractivity contribution in [2.75, 3.05) is 0 Å². The van der Waals surface area contributed by atoms with Crippen molar-refractivity contribution in [3.05, 3.63) is 35.7 Å². The molecule has 0 unspecified atom stereocenters. The average molecular weight is 288 g/mol. The molecule has 1 aromatic heterocycles. The Morgan fingerprint density at radius 3 is 3.08 bits per heavy atom. The maximum absolute atomic E-state index is 10.5. The predicted molar refractivity (Wildman–Crippen MR) is 40.3 cm³/mol. The second kappa shape index (κ2) is 2.22. The van der Waals surface area contributed by atoms with Gasteiger partial charge < -0.3 is 0 Å². The minimum atomic E-state index is -0.375. The molecule has 1 aromatic carbocycles. The van der Waals surface area contributed by atoms with Crippen molar-refractivity contribution in [3.63, 3.8) is 0 Å². The zero-order valence-corrected chi connectivity index (χ0v) is 8.44. The van der Waals surface area contributed by atoms with Crippen molar-refractivity contribution in [3.8, 4) is 0 Å². The zero-order valence-electron chi connectivity index (χ0n) is 6.28. The molecule has 0 spiro atoms. The molecule has 2 aromatic rings. The number of hydrogen-bond donors (Lipinski definition) is 0. The monoisotopic (exact) mass is 288 g/mol. The van der Waals surface area contributed by atoms with E-state index in [9.17, 15) is 10.1 Å². The Morgan fingerprint density at radius 1 is 1.46 bits per heavy atom. The molecule has 5 heteroatoms. The fourth-order valence-electron chi connectivity index (χ4n) is 1.27. The molecular weight excluding hydrogens is 285 g/mol. The van der Waals surface area contributed by atoms with Gasteiger partial charge in [-0.15, -0.1) is 0 Å². The number of nitro groups is 1. The molecule has 0 aliphatic carbocycles. The van der Waals surface area contributed by atoms with Crippen LogP contribution in [-0.2, 0) is 0 Å². The Balaban J connectivity index is 2.33. The van der Waals surface area contributed by atoms with Gasteiger partial charge in [0, 0.05) is 0 Å². The Morgan fingerprint density at radius 2 is 2.31 bits per heavy atom. The first-order valence-corrected chi connectivity index (χ1v) is 5.77. The Hall–Kier alpha value is -1.11. The molecule has 0 atom stereocenters. The summed E-state index contributed by atoms with van der Waals surface area (Å²) in [4.78, 5) is 10.1. The normalized spacial score (nSPS) is 13.5. The molecule has 1 aliphatic rings. The molecule has 4 nitrogen and oxygen atoms in total. The van der Waals surface area contributed by atoms with E-state index in [1.54, 1.807) is 12.1 Å². The molecule has 0 saturated carbocycles. The van der Waals surface area contributed by atoms with Crippen molar-refractivity contribution in [2.45, 2.75) is 0 Å². The van der Waals surface area contributed by atoms with Crippen LogP contribution < -0.4 is 21.2 Å². The average Bonchev–Trinajstić information content (AvgIpc) is 2.78. The summed E-state index contributed by atoms with van der Waals surface area (Å²) in [6.07, 6.45) is 0. The second-order valence-corrected chi connectivity index (χ2v) is 5.32. The van der Waals surface area contributed by atoms with Gasteiger partial charge in [-0.05, 0) is 0 Å². The van der Waals surface area contributed by atoms with Crippen LogP contribution in [0.3, 0.4) is 0 Å². The number of halogens is 1. The van der Waals surface area contributed by atoms with Crippen LogP contribution in [0.25, 0.3) is 11.0 Å². The van der Waals surface area contributed by atoms with Gasteiger partial charge in [0.2, 0.25) is 0 Å². The van der Waals surface area contributed by atoms with Gasteiger partial charge in [0.15, 0.2) is 0 Å². The molecule has 0 amide bonds. The van der Waals surface area contributed by atoms with Crippen LogP contribution in [0.4, 0.5) is 5.69 Å². The van der Waals surface area contributed by atoms with Gasteiger partial charge in [-0.2, -0.15) is 0 Å². The fourth-order valence-corrected chi connectivity index (χ4v) is 3.09.